The molecule has 4 heterocycles. The lowest BCUT2D eigenvalue weighted by molar-refractivity contribution is 0.117. The van der Waals surface area contributed by atoms with E-state index in [1.807, 2.05) is 0 Å². The van der Waals surface area contributed by atoms with Crippen LogP contribution in [0.15, 0.2) is 6.33 Å². The summed E-state index contributed by atoms with van der Waals surface area (Å²) in [6.07, 6.45) is 8.20. The number of anilines is 2. The molecule has 2 aliphatic rings. The van der Waals surface area contributed by atoms with Crippen LogP contribution >= 0.6 is 0 Å². The molecule has 1 N–H and O–H groups in total. The maximum atomic E-state index is 9.58. The van der Waals surface area contributed by atoms with Gasteiger partial charge in [0.2, 0.25) is 0 Å². The summed E-state index contributed by atoms with van der Waals surface area (Å²) in [5.41, 5.74) is 1.53. The zero-order chi connectivity index (χ0) is 18.6. The molecule has 0 radical (unpaired) electrons. The zero-order valence-electron chi connectivity index (χ0n) is 16.0. The first-order valence-electron chi connectivity index (χ1n) is 10.1. The van der Waals surface area contributed by atoms with Crippen LogP contribution in [-0.2, 0) is 0 Å². The van der Waals surface area contributed by atoms with Gasteiger partial charge in [0.15, 0.2) is 11.6 Å². The first-order valence-corrected chi connectivity index (χ1v) is 10.1. The molecule has 2 aromatic rings. The summed E-state index contributed by atoms with van der Waals surface area (Å²) in [4.78, 5) is 23.0. The predicted octanol–water partition coefficient (Wildman–Crippen LogP) is 2.16. The zero-order valence-corrected chi connectivity index (χ0v) is 16.0. The van der Waals surface area contributed by atoms with E-state index in [1.54, 1.807) is 13.3 Å². The standard InChI is InChI=1S/C19H28N6O2/c1-14(26)12-27-19-22-16-15(18(23-19)25-10-6-3-7-11-25)20-13-21-17(16)24-8-4-2-5-9-24/h13-14,26H,2-12H2,1H3. The van der Waals surface area contributed by atoms with Crippen molar-refractivity contribution in [2.24, 2.45) is 0 Å². The first kappa shape index (κ1) is 18.2. The average Bonchev–Trinajstić information content (AvgIpc) is 2.72. The van der Waals surface area contributed by atoms with Crippen LogP contribution in [0, 0.1) is 0 Å². The summed E-state index contributed by atoms with van der Waals surface area (Å²) < 4.78 is 5.68. The van der Waals surface area contributed by atoms with Crippen LogP contribution in [0.3, 0.4) is 0 Å². The second kappa shape index (κ2) is 8.21. The molecule has 2 fully saturated rings. The quantitative estimate of drug-likeness (QED) is 0.854. The third-order valence-electron chi connectivity index (χ3n) is 5.19. The molecule has 2 aromatic heterocycles. The highest BCUT2D eigenvalue weighted by atomic mass is 16.5. The lowest BCUT2D eigenvalue weighted by Crippen LogP contribution is -2.32. The minimum Gasteiger partial charge on any atom is -0.461 e. The minimum atomic E-state index is -0.573. The number of nitrogens with zero attached hydrogens (tertiary/aromatic N) is 6. The summed E-state index contributed by atoms with van der Waals surface area (Å²) in [5.74, 6) is 1.68. The second-order valence-corrected chi connectivity index (χ2v) is 7.48. The summed E-state index contributed by atoms with van der Waals surface area (Å²) in [6, 6.07) is 0.289. The van der Waals surface area contributed by atoms with E-state index >= 15 is 0 Å². The molecule has 0 aromatic carbocycles. The van der Waals surface area contributed by atoms with Gasteiger partial charge < -0.3 is 19.6 Å². The SMILES string of the molecule is CC(O)COc1nc(N2CCCCC2)c2ncnc(N3CCCCC3)c2n1. The molecule has 0 bridgehead atoms. The second-order valence-electron chi connectivity index (χ2n) is 7.48. The van der Waals surface area contributed by atoms with Gasteiger partial charge in [-0.05, 0) is 45.4 Å². The maximum Gasteiger partial charge on any atom is 0.319 e. The van der Waals surface area contributed by atoms with E-state index in [0.717, 1.165) is 61.7 Å². The third kappa shape index (κ3) is 4.05. The monoisotopic (exact) mass is 372 g/mol. The molecule has 0 saturated carbocycles. The van der Waals surface area contributed by atoms with Crippen molar-refractivity contribution < 1.29 is 9.84 Å². The molecule has 8 nitrogen and oxygen atoms in total. The van der Waals surface area contributed by atoms with Crippen molar-refractivity contribution in [2.75, 3.05) is 42.6 Å². The molecular formula is C19H28N6O2. The number of aliphatic hydroxyl groups excluding tert-OH is 1. The summed E-state index contributed by atoms with van der Waals surface area (Å²) in [7, 11) is 0. The fourth-order valence-corrected chi connectivity index (χ4v) is 3.82. The van der Waals surface area contributed by atoms with Crippen LogP contribution in [0.1, 0.15) is 45.4 Å². The van der Waals surface area contributed by atoms with E-state index in [2.05, 4.69) is 29.7 Å². The van der Waals surface area contributed by atoms with E-state index in [0.29, 0.717) is 0 Å². The van der Waals surface area contributed by atoms with Crippen LogP contribution in [-0.4, -0.2) is 63.9 Å². The Kier molecular flexibility index (Phi) is 5.52. The Bertz CT molecular complexity index is 772. The van der Waals surface area contributed by atoms with Gasteiger partial charge in [0.1, 0.15) is 24.0 Å². The number of hydrogen-bond acceptors (Lipinski definition) is 8. The van der Waals surface area contributed by atoms with E-state index < -0.39 is 6.10 Å². The van der Waals surface area contributed by atoms with Gasteiger partial charge in [-0.2, -0.15) is 9.97 Å². The number of piperidine rings is 2. The fraction of sp³-hybridized carbons (Fsp3) is 0.684. The number of aliphatic hydroxyl groups is 1. The Balaban J connectivity index is 1.78. The molecule has 0 aliphatic carbocycles. The van der Waals surface area contributed by atoms with Crippen LogP contribution in [0.5, 0.6) is 6.01 Å². The molecule has 146 valence electrons. The molecule has 27 heavy (non-hydrogen) atoms. The van der Waals surface area contributed by atoms with Gasteiger partial charge in [-0.1, -0.05) is 0 Å². The van der Waals surface area contributed by atoms with Gasteiger partial charge in [-0.25, -0.2) is 9.97 Å². The Morgan fingerprint density at radius 3 is 2.15 bits per heavy atom. The fourth-order valence-electron chi connectivity index (χ4n) is 3.82. The van der Waals surface area contributed by atoms with Crippen molar-refractivity contribution in [3.63, 3.8) is 0 Å². The first-order chi connectivity index (χ1) is 13.2. The summed E-state index contributed by atoms with van der Waals surface area (Å²) in [6.45, 7) is 5.75. The largest absolute Gasteiger partial charge is 0.461 e. The lowest BCUT2D eigenvalue weighted by atomic mass is 10.1. The predicted molar refractivity (Wildman–Crippen MR) is 104 cm³/mol. The molecule has 2 aliphatic heterocycles. The Morgan fingerprint density at radius 1 is 0.889 bits per heavy atom. The Labute approximate surface area is 159 Å². The van der Waals surface area contributed by atoms with E-state index in [4.69, 9.17) is 4.74 Å². The number of ether oxygens (including phenoxy) is 1. The topological polar surface area (TPSA) is 87.5 Å². The Hall–Kier alpha value is -2.22. The molecular weight excluding hydrogens is 344 g/mol. The van der Waals surface area contributed by atoms with E-state index in [9.17, 15) is 5.11 Å². The van der Waals surface area contributed by atoms with Crippen LogP contribution in [0.4, 0.5) is 11.6 Å². The normalized spacial score (nSPS) is 19.3. The van der Waals surface area contributed by atoms with E-state index in [-0.39, 0.29) is 12.6 Å². The van der Waals surface area contributed by atoms with Crippen molar-refractivity contribution in [3.05, 3.63) is 6.33 Å². The third-order valence-corrected chi connectivity index (χ3v) is 5.19. The van der Waals surface area contributed by atoms with Gasteiger partial charge in [0, 0.05) is 26.2 Å². The summed E-state index contributed by atoms with van der Waals surface area (Å²) >= 11 is 0. The highest BCUT2D eigenvalue weighted by Crippen LogP contribution is 2.32. The minimum absolute atomic E-state index is 0.164. The molecule has 0 spiro atoms. The molecule has 1 atom stereocenters. The van der Waals surface area contributed by atoms with E-state index in [1.165, 1.54) is 25.7 Å². The van der Waals surface area contributed by atoms with Crippen molar-refractivity contribution in [2.45, 2.75) is 51.6 Å². The van der Waals surface area contributed by atoms with Gasteiger partial charge in [0.05, 0.1) is 6.10 Å². The highest BCUT2D eigenvalue weighted by molar-refractivity contribution is 5.93. The maximum absolute atomic E-state index is 9.58. The van der Waals surface area contributed by atoms with Gasteiger partial charge in [-0.3, -0.25) is 0 Å². The van der Waals surface area contributed by atoms with Crippen molar-refractivity contribution >= 4 is 22.7 Å². The lowest BCUT2D eigenvalue weighted by Gasteiger charge is -2.30. The smallest absolute Gasteiger partial charge is 0.319 e. The van der Waals surface area contributed by atoms with Crippen molar-refractivity contribution in [3.8, 4) is 6.01 Å². The van der Waals surface area contributed by atoms with Gasteiger partial charge in [-0.15, -0.1) is 0 Å². The number of hydrogen-bond donors (Lipinski definition) is 1. The van der Waals surface area contributed by atoms with Gasteiger partial charge >= 0.3 is 6.01 Å². The molecule has 2 saturated heterocycles. The highest BCUT2D eigenvalue weighted by Gasteiger charge is 2.23. The van der Waals surface area contributed by atoms with Crippen LogP contribution < -0.4 is 14.5 Å². The average molecular weight is 372 g/mol. The summed E-state index contributed by atoms with van der Waals surface area (Å²) in [5, 5.41) is 9.58. The number of rotatable bonds is 5. The van der Waals surface area contributed by atoms with Crippen molar-refractivity contribution in [1.82, 2.24) is 19.9 Å². The molecule has 1 unspecified atom stereocenters. The van der Waals surface area contributed by atoms with Crippen molar-refractivity contribution in [1.29, 1.82) is 0 Å². The molecule has 8 heteroatoms. The van der Waals surface area contributed by atoms with Crippen LogP contribution in [0.2, 0.25) is 0 Å². The molecule has 4 rings (SSSR count). The van der Waals surface area contributed by atoms with Crippen LogP contribution in [0.25, 0.3) is 11.0 Å². The number of aromatic nitrogens is 4. The Morgan fingerprint density at radius 2 is 1.52 bits per heavy atom. The van der Waals surface area contributed by atoms with Gasteiger partial charge in [0.25, 0.3) is 0 Å². The molecule has 0 amide bonds. The number of fused-ring (bicyclic) bond motifs is 1.